The summed E-state index contributed by atoms with van der Waals surface area (Å²) in [5.74, 6) is 1.19. The second-order valence-electron chi connectivity index (χ2n) is 10.1. The quantitative estimate of drug-likeness (QED) is 0.847. The number of methoxy groups -OCH3 is 1. The van der Waals surface area contributed by atoms with Crippen molar-refractivity contribution in [3.05, 3.63) is 29.3 Å². The van der Waals surface area contributed by atoms with Crippen molar-refractivity contribution in [2.24, 2.45) is 5.92 Å². The Morgan fingerprint density at radius 1 is 1.17 bits per heavy atom. The van der Waals surface area contributed by atoms with E-state index in [9.17, 15) is 5.11 Å². The van der Waals surface area contributed by atoms with E-state index in [0.717, 1.165) is 63.3 Å². The van der Waals surface area contributed by atoms with E-state index in [4.69, 9.17) is 14.2 Å². The zero-order valence-electron chi connectivity index (χ0n) is 17.5. The van der Waals surface area contributed by atoms with Gasteiger partial charge in [0.15, 0.2) is 5.79 Å². The van der Waals surface area contributed by atoms with E-state index >= 15 is 0 Å². The Morgan fingerprint density at radius 2 is 2.00 bits per heavy atom. The lowest BCUT2D eigenvalue weighted by molar-refractivity contribution is -0.244. The van der Waals surface area contributed by atoms with Gasteiger partial charge < -0.3 is 19.3 Å². The molecule has 2 saturated heterocycles. The molecule has 0 aromatic heterocycles. The van der Waals surface area contributed by atoms with Gasteiger partial charge in [0.1, 0.15) is 5.75 Å². The summed E-state index contributed by atoms with van der Waals surface area (Å²) in [6, 6.07) is 6.70. The summed E-state index contributed by atoms with van der Waals surface area (Å²) in [5.41, 5.74) is 1.58. The Hall–Kier alpha value is -1.14. The van der Waals surface area contributed by atoms with Crippen molar-refractivity contribution in [2.75, 3.05) is 33.4 Å². The Kier molecular flexibility index (Phi) is 4.13. The summed E-state index contributed by atoms with van der Waals surface area (Å²) in [6.07, 6.45) is 8.02. The third-order valence-electron chi connectivity index (χ3n) is 8.58. The summed E-state index contributed by atoms with van der Waals surface area (Å²) < 4.78 is 18.0. The molecule has 3 atom stereocenters. The minimum atomic E-state index is -0.738. The maximum Gasteiger partial charge on any atom is 0.169 e. The van der Waals surface area contributed by atoms with Crippen molar-refractivity contribution in [1.82, 2.24) is 4.90 Å². The highest BCUT2D eigenvalue weighted by molar-refractivity contribution is 5.48. The van der Waals surface area contributed by atoms with Crippen LogP contribution in [0.15, 0.2) is 18.2 Å². The first-order valence-corrected chi connectivity index (χ1v) is 11.5. The van der Waals surface area contributed by atoms with Crippen molar-refractivity contribution in [1.29, 1.82) is 0 Å². The Bertz CT molecular complexity index is 802. The number of hydrogen-bond donors (Lipinski definition) is 1. The minimum Gasteiger partial charge on any atom is -0.497 e. The van der Waals surface area contributed by atoms with Crippen LogP contribution in [0.4, 0.5) is 0 Å². The first kappa shape index (κ1) is 18.6. The lowest BCUT2D eigenvalue weighted by Crippen LogP contribution is -2.70. The van der Waals surface area contributed by atoms with E-state index < -0.39 is 11.4 Å². The number of hydrogen-bond acceptors (Lipinski definition) is 5. The molecule has 3 aliphatic carbocycles. The molecule has 5 heteroatoms. The molecule has 5 aliphatic rings. The van der Waals surface area contributed by atoms with Crippen molar-refractivity contribution in [2.45, 2.75) is 74.2 Å². The maximum absolute atomic E-state index is 12.5. The van der Waals surface area contributed by atoms with Gasteiger partial charge in [-0.2, -0.15) is 0 Å². The molecule has 2 bridgehead atoms. The van der Waals surface area contributed by atoms with Crippen LogP contribution >= 0.6 is 0 Å². The van der Waals surface area contributed by atoms with Gasteiger partial charge in [0.05, 0.1) is 25.9 Å². The summed E-state index contributed by atoms with van der Waals surface area (Å²) in [5, 5.41) is 12.5. The van der Waals surface area contributed by atoms with E-state index in [1.54, 1.807) is 7.11 Å². The van der Waals surface area contributed by atoms with Gasteiger partial charge in [0.2, 0.25) is 0 Å². The predicted molar refractivity (Wildman–Crippen MR) is 109 cm³/mol. The van der Waals surface area contributed by atoms with Crippen LogP contribution in [0, 0.1) is 5.92 Å². The molecule has 2 saturated carbocycles. The van der Waals surface area contributed by atoms with Crippen LogP contribution < -0.4 is 4.74 Å². The molecule has 2 heterocycles. The van der Waals surface area contributed by atoms with Gasteiger partial charge >= 0.3 is 0 Å². The number of ether oxygens (including phenoxy) is 3. The van der Waals surface area contributed by atoms with E-state index in [2.05, 4.69) is 23.1 Å². The average Bonchev–Trinajstić information content (AvgIpc) is 3.45. The van der Waals surface area contributed by atoms with Crippen LogP contribution in [-0.4, -0.2) is 60.8 Å². The van der Waals surface area contributed by atoms with Gasteiger partial charge in [-0.05, 0) is 74.2 Å². The van der Waals surface area contributed by atoms with Crippen LogP contribution in [0.1, 0.15) is 56.1 Å². The lowest BCUT2D eigenvalue weighted by Gasteiger charge is -2.61. The fourth-order valence-electron chi connectivity index (χ4n) is 7.02. The van der Waals surface area contributed by atoms with Crippen LogP contribution in [0.2, 0.25) is 0 Å². The molecule has 0 radical (unpaired) electrons. The fraction of sp³-hybridized carbons (Fsp3) is 0.750. The second kappa shape index (κ2) is 6.43. The monoisotopic (exact) mass is 399 g/mol. The molecule has 0 amide bonds. The standard InChI is InChI=1S/C24H33NO4/c1-27-19-6-5-18-13-21-24(26)9-8-23(28-11-12-29-23)16-22(24,20(18)14-19)7-2-10-25(21)15-17-3-4-17/h5-6,14,17,21,26H,2-4,7-13,15-16H2,1H3/t21-,22-,24-/m1/s1. The summed E-state index contributed by atoms with van der Waals surface area (Å²) in [4.78, 5) is 2.64. The minimum absolute atomic E-state index is 0.185. The number of benzene rings is 1. The van der Waals surface area contributed by atoms with Crippen molar-refractivity contribution in [3.63, 3.8) is 0 Å². The highest BCUT2D eigenvalue weighted by atomic mass is 16.7. The molecule has 1 aromatic carbocycles. The normalized spacial score (nSPS) is 38.3. The molecule has 5 nitrogen and oxygen atoms in total. The second-order valence-corrected chi connectivity index (χ2v) is 10.1. The Labute approximate surface area is 173 Å². The van der Waals surface area contributed by atoms with Crippen molar-refractivity contribution < 1.29 is 19.3 Å². The molecule has 0 unspecified atom stereocenters. The molecular weight excluding hydrogens is 366 g/mol. The number of rotatable bonds is 3. The number of likely N-dealkylation sites (tertiary alicyclic amines) is 1. The molecular formula is C24H33NO4. The van der Waals surface area contributed by atoms with Gasteiger partial charge in [-0.3, -0.25) is 4.90 Å². The fourth-order valence-corrected chi connectivity index (χ4v) is 7.02. The van der Waals surface area contributed by atoms with Crippen LogP contribution in [0.25, 0.3) is 0 Å². The molecule has 29 heavy (non-hydrogen) atoms. The maximum atomic E-state index is 12.5. The first-order valence-electron chi connectivity index (χ1n) is 11.5. The van der Waals surface area contributed by atoms with Crippen LogP contribution in [0.5, 0.6) is 5.75 Å². The summed E-state index contributed by atoms with van der Waals surface area (Å²) in [7, 11) is 1.73. The molecule has 6 rings (SSSR count). The Morgan fingerprint density at radius 3 is 2.76 bits per heavy atom. The summed E-state index contributed by atoms with van der Waals surface area (Å²) >= 11 is 0. The van der Waals surface area contributed by atoms with Crippen LogP contribution in [0.3, 0.4) is 0 Å². The van der Waals surface area contributed by atoms with Crippen molar-refractivity contribution >= 4 is 0 Å². The number of nitrogens with zero attached hydrogens (tertiary/aromatic N) is 1. The molecule has 1 aromatic rings. The SMILES string of the molecule is COc1ccc2c(c1)[C@]13CCCN(CC4CC4)[C@H](C2)[C@]1(O)CCC1(C3)OCCO1. The number of aliphatic hydroxyl groups is 1. The van der Waals surface area contributed by atoms with E-state index in [1.807, 2.05) is 0 Å². The predicted octanol–water partition coefficient (Wildman–Crippen LogP) is 3.02. The number of fused-ring (bicyclic) bond motifs is 1. The summed E-state index contributed by atoms with van der Waals surface area (Å²) in [6.45, 7) is 3.56. The topological polar surface area (TPSA) is 51.2 Å². The van der Waals surface area contributed by atoms with Gasteiger partial charge in [-0.1, -0.05) is 6.07 Å². The van der Waals surface area contributed by atoms with Gasteiger partial charge in [-0.25, -0.2) is 0 Å². The molecule has 2 aliphatic heterocycles. The van der Waals surface area contributed by atoms with Gasteiger partial charge in [0.25, 0.3) is 0 Å². The lowest BCUT2D eigenvalue weighted by atomic mass is 9.50. The average molecular weight is 400 g/mol. The van der Waals surface area contributed by atoms with E-state index in [-0.39, 0.29) is 11.5 Å². The van der Waals surface area contributed by atoms with Crippen LogP contribution in [-0.2, 0) is 21.3 Å². The third-order valence-corrected chi connectivity index (χ3v) is 8.58. The smallest absolute Gasteiger partial charge is 0.169 e. The highest BCUT2D eigenvalue weighted by Gasteiger charge is 2.67. The zero-order valence-corrected chi connectivity index (χ0v) is 17.5. The highest BCUT2D eigenvalue weighted by Crippen LogP contribution is 2.61. The molecule has 1 N–H and O–H groups in total. The molecule has 1 spiro atoms. The van der Waals surface area contributed by atoms with E-state index in [0.29, 0.717) is 13.2 Å². The molecule has 4 fully saturated rings. The van der Waals surface area contributed by atoms with Gasteiger partial charge in [0, 0.05) is 30.8 Å². The third kappa shape index (κ3) is 2.67. The Balaban J connectivity index is 1.50. The first-order chi connectivity index (χ1) is 14.1. The van der Waals surface area contributed by atoms with Crippen molar-refractivity contribution in [3.8, 4) is 5.75 Å². The van der Waals surface area contributed by atoms with E-state index in [1.165, 1.54) is 24.0 Å². The molecule has 158 valence electrons. The largest absolute Gasteiger partial charge is 0.497 e. The zero-order chi connectivity index (χ0) is 19.7. The van der Waals surface area contributed by atoms with Gasteiger partial charge in [-0.15, -0.1) is 0 Å².